The minimum atomic E-state index is -0.403. The lowest BCUT2D eigenvalue weighted by molar-refractivity contribution is 0.0601. The molecule has 1 N–H and O–H groups in total. The average molecular weight is 283 g/mol. The zero-order valence-electron chi connectivity index (χ0n) is 11.6. The second kappa shape index (κ2) is 4.90. The smallest absolute Gasteiger partial charge is 0.337 e. The summed E-state index contributed by atoms with van der Waals surface area (Å²) in [5.74, 6) is 0.0407. The first-order valence-electron chi connectivity index (χ1n) is 6.36. The maximum atomic E-state index is 12.0. The number of rotatable bonds is 2. The Kier molecular flexibility index (Phi) is 3.06. The van der Waals surface area contributed by atoms with Crippen molar-refractivity contribution in [2.45, 2.75) is 6.92 Å². The van der Waals surface area contributed by atoms with Gasteiger partial charge in [-0.2, -0.15) is 0 Å². The summed E-state index contributed by atoms with van der Waals surface area (Å²) in [6.07, 6.45) is 1.79. The lowest BCUT2D eigenvalue weighted by atomic mass is 10.1. The molecule has 106 valence electrons. The average Bonchev–Trinajstić information content (AvgIpc) is 2.87. The van der Waals surface area contributed by atoms with Crippen molar-refractivity contribution in [2.24, 2.45) is 0 Å². The number of aryl methyl sites for hydroxylation is 1. The van der Waals surface area contributed by atoms with E-state index in [1.807, 2.05) is 6.92 Å². The highest BCUT2D eigenvalue weighted by Gasteiger charge is 2.09. The number of fused-ring (bicyclic) bond motifs is 1. The first-order chi connectivity index (χ1) is 10.1. The molecule has 0 aliphatic rings. The van der Waals surface area contributed by atoms with Gasteiger partial charge in [-0.1, -0.05) is 12.1 Å². The predicted octanol–water partition coefficient (Wildman–Crippen LogP) is 1.78. The van der Waals surface area contributed by atoms with Gasteiger partial charge >= 0.3 is 5.97 Å². The Balaban J connectivity index is 2.07. The SMILES string of the molecule is COC(=O)c1ccc(-c2nn3cc(C)cc3c(=O)[nH]2)cc1. The number of ether oxygens (including phenoxy) is 1. The number of aromatic amines is 1. The van der Waals surface area contributed by atoms with Gasteiger partial charge in [0.2, 0.25) is 0 Å². The molecule has 0 radical (unpaired) electrons. The van der Waals surface area contributed by atoms with Crippen LogP contribution in [-0.2, 0) is 4.74 Å². The van der Waals surface area contributed by atoms with E-state index in [1.165, 1.54) is 7.11 Å². The highest BCUT2D eigenvalue weighted by Crippen LogP contribution is 2.15. The van der Waals surface area contributed by atoms with Crippen LogP contribution >= 0.6 is 0 Å². The van der Waals surface area contributed by atoms with Crippen LogP contribution in [0.1, 0.15) is 15.9 Å². The molecule has 0 unspecified atom stereocenters. The molecular weight excluding hydrogens is 270 g/mol. The summed E-state index contributed by atoms with van der Waals surface area (Å²) in [6.45, 7) is 1.90. The van der Waals surface area contributed by atoms with Crippen LogP contribution in [0.4, 0.5) is 0 Å². The molecule has 0 saturated carbocycles. The van der Waals surface area contributed by atoms with Gasteiger partial charge in [0.05, 0.1) is 12.7 Å². The van der Waals surface area contributed by atoms with E-state index >= 15 is 0 Å². The van der Waals surface area contributed by atoms with Crippen molar-refractivity contribution in [3.05, 3.63) is 58.0 Å². The van der Waals surface area contributed by atoms with Crippen molar-refractivity contribution < 1.29 is 9.53 Å². The zero-order chi connectivity index (χ0) is 15.0. The summed E-state index contributed by atoms with van der Waals surface area (Å²) in [5, 5.41) is 4.37. The highest BCUT2D eigenvalue weighted by molar-refractivity contribution is 5.89. The van der Waals surface area contributed by atoms with Gasteiger partial charge in [-0.25, -0.2) is 9.31 Å². The maximum absolute atomic E-state index is 12.0. The summed E-state index contributed by atoms with van der Waals surface area (Å²) < 4.78 is 6.20. The van der Waals surface area contributed by atoms with Gasteiger partial charge in [0.15, 0.2) is 5.82 Å². The van der Waals surface area contributed by atoms with Crippen LogP contribution < -0.4 is 5.56 Å². The van der Waals surface area contributed by atoms with Gasteiger partial charge in [0.1, 0.15) is 5.52 Å². The zero-order valence-corrected chi connectivity index (χ0v) is 11.6. The number of carbonyl (C=O) groups excluding carboxylic acids is 1. The fourth-order valence-electron chi connectivity index (χ4n) is 2.15. The Morgan fingerprint density at radius 3 is 2.67 bits per heavy atom. The van der Waals surface area contributed by atoms with E-state index in [4.69, 9.17) is 0 Å². The molecule has 21 heavy (non-hydrogen) atoms. The van der Waals surface area contributed by atoms with Gasteiger partial charge in [0.25, 0.3) is 5.56 Å². The van der Waals surface area contributed by atoms with E-state index in [1.54, 1.807) is 41.0 Å². The molecule has 0 amide bonds. The predicted molar refractivity (Wildman–Crippen MR) is 77.3 cm³/mol. The molecule has 6 nitrogen and oxygen atoms in total. The molecule has 6 heteroatoms. The largest absolute Gasteiger partial charge is 0.465 e. The van der Waals surface area contributed by atoms with E-state index in [2.05, 4.69) is 14.8 Å². The lowest BCUT2D eigenvalue weighted by Crippen LogP contribution is -2.13. The number of aromatic nitrogens is 3. The van der Waals surface area contributed by atoms with Crippen molar-refractivity contribution in [1.29, 1.82) is 0 Å². The molecule has 2 aromatic heterocycles. The first kappa shape index (κ1) is 13.1. The molecule has 2 heterocycles. The maximum Gasteiger partial charge on any atom is 0.337 e. The fraction of sp³-hybridized carbons (Fsp3) is 0.133. The second-order valence-corrected chi connectivity index (χ2v) is 4.72. The van der Waals surface area contributed by atoms with Gasteiger partial charge in [-0.3, -0.25) is 4.79 Å². The minimum Gasteiger partial charge on any atom is -0.465 e. The van der Waals surface area contributed by atoms with Crippen molar-refractivity contribution in [3.8, 4) is 11.4 Å². The summed E-state index contributed by atoms with van der Waals surface area (Å²) >= 11 is 0. The van der Waals surface area contributed by atoms with E-state index < -0.39 is 5.97 Å². The van der Waals surface area contributed by atoms with E-state index in [9.17, 15) is 9.59 Å². The third-order valence-corrected chi connectivity index (χ3v) is 3.19. The van der Waals surface area contributed by atoms with Crippen LogP contribution in [0, 0.1) is 6.92 Å². The molecular formula is C15H13N3O3. The van der Waals surface area contributed by atoms with Gasteiger partial charge in [-0.15, -0.1) is 5.10 Å². The number of H-pyrrole nitrogens is 1. The molecule has 3 aromatic rings. The van der Waals surface area contributed by atoms with Crippen LogP contribution in [-0.4, -0.2) is 27.7 Å². The highest BCUT2D eigenvalue weighted by atomic mass is 16.5. The number of hydrogen-bond donors (Lipinski definition) is 1. The fourth-order valence-corrected chi connectivity index (χ4v) is 2.15. The van der Waals surface area contributed by atoms with Crippen LogP contribution in [0.5, 0.6) is 0 Å². The van der Waals surface area contributed by atoms with Crippen molar-refractivity contribution in [3.63, 3.8) is 0 Å². The number of hydrogen-bond acceptors (Lipinski definition) is 4. The van der Waals surface area contributed by atoms with E-state index in [-0.39, 0.29) is 5.56 Å². The normalized spacial score (nSPS) is 10.8. The molecule has 3 rings (SSSR count). The molecule has 1 aromatic carbocycles. The number of carbonyl (C=O) groups is 1. The van der Waals surface area contributed by atoms with Crippen molar-refractivity contribution in [2.75, 3.05) is 7.11 Å². The summed E-state index contributed by atoms with van der Waals surface area (Å²) in [4.78, 5) is 26.1. The number of esters is 1. The Morgan fingerprint density at radius 2 is 2.00 bits per heavy atom. The third kappa shape index (κ3) is 2.31. The Bertz CT molecular complexity index is 875. The van der Waals surface area contributed by atoms with Gasteiger partial charge in [0, 0.05) is 11.8 Å². The number of nitrogens with one attached hydrogen (secondary N) is 1. The van der Waals surface area contributed by atoms with Gasteiger partial charge in [-0.05, 0) is 30.7 Å². The quantitative estimate of drug-likeness (QED) is 0.727. The molecule has 0 fully saturated rings. The third-order valence-electron chi connectivity index (χ3n) is 3.19. The van der Waals surface area contributed by atoms with Crippen molar-refractivity contribution >= 4 is 11.5 Å². The van der Waals surface area contributed by atoms with Gasteiger partial charge < -0.3 is 9.72 Å². The van der Waals surface area contributed by atoms with E-state index in [0.717, 1.165) is 5.56 Å². The monoisotopic (exact) mass is 283 g/mol. The topological polar surface area (TPSA) is 76.5 Å². The Morgan fingerprint density at radius 1 is 1.29 bits per heavy atom. The van der Waals surface area contributed by atoms with Crippen LogP contribution in [0.2, 0.25) is 0 Å². The van der Waals surface area contributed by atoms with Crippen LogP contribution in [0.3, 0.4) is 0 Å². The Hall–Kier alpha value is -2.89. The number of nitrogens with zero attached hydrogens (tertiary/aromatic N) is 2. The molecule has 0 spiro atoms. The summed E-state index contributed by atoms with van der Waals surface area (Å²) in [6, 6.07) is 8.47. The molecule has 0 bridgehead atoms. The first-order valence-corrected chi connectivity index (χ1v) is 6.36. The standard InChI is InChI=1S/C15H13N3O3/c1-9-7-12-14(19)16-13(17-18(12)8-9)10-3-5-11(6-4-10)15(20)21-2/h3-8H,1-2H3,(H,16,17,19). The summed E-state index contributed by atoms with van der Waals surface area (Å²) in [5.41, 5.74) is 2.42. The summed E-state index contributed by atoms with van der Waals surface area (Å²) in [7, 11) is 1.33. The van der Waals surface area contributed by atoms with Crippen LogP contribution in [0.25, 0.3) is 16.9 Å². The van der Waals surface area contributed by atoms with Crippen molar-refractivity contribution in [1.82, 2.24) is 14.6 Å². The minimum absolute atomic E-state index is 0.204. The second-order valence-electron chi connectivity index (χ2n) is 4.72. The number of methoxy groups -OCH3 is 1. The Labute approximate surface area is 120 Å². The van der Waals surface area contributed by atoms with Crippen LogP contribution in [0.15, 0.2) is 41.3 Å². The van der Waals surface area contributed by atoms with E-state index in [0.29, 0.717) is 22.5 Å². The molecule has 0 aliphatic carbocycles. The molecule has 0 saturated heterocycles. The number of benzene rings is 1. The molecule has 0 aliphatic heterocycles. The lowest BCUT2D eigenvalue weighted by Gasteiger charge is -2.03. The molecule has 0 atom stereocenters.